The lowest BCUT2D eigenvalue weighted by Crippen LogP contribution is -2.46. The molecule has 1 saturated heterocycles. The molecule has 82 valence electrons. The molecule has 2 N–H and O–H groups in total. The van der Waals surface area contributed by atoms with Gasteiger partial charge in [-0.2, -0.15) is 0 Å². The van der Waals surface area contributed by atoms with E-state index in [1.54, 1.807) is 0 Å². The van der Waals surface area contributed by atoms with Crippen LogP contribution in [0.4, 0.5) is 0 Å². The molecule has 1 rings (SSSR count). The van der Waals surface area contributed by atoms with Crippen LogP contribution in [0.3, 0.4) is 0 Å². The second-order valence-corrected chi connectivity index (χ2v) is 3.67. The summed E-state index contributed by atoms with van der Waals surface area (Å²) >= 11 is 0. The summed E-state index contributed by atoms with van der Waals surface area (Å²) in [4.78, 5) is 13.5. The molecule has 1 aliphatic rings. The number of aliphatic hydroxyl groups excluding tert-OH is 1. The van der Waals surface area contributed by atoms with Gasteiger partial charge < -0.3 is 15.3 Å². The summed E-state index contributed by atoms with van der Waals surface area (Å²) in [6.45, 7) is 3.77. The fourth-order valence-corrected chi connectivity index (χ4v) is 1.64. The van der Waals surface area contributed by atoms with E-state index < -0.39 is 0 Å². The highest BCUT2D eigenvalue weighted by molar-refractivity contribution is 5.76. The van der Waals surface area contributed by atoms with E-state index in [0.717, 1.165) is 45.4 Å². The topological polar surface area (TPSA) is 52.6 Å². The Morgan fingerprint density at radius 1 is 1.21 bits per heavy atom. The van der Waals surface area contributed by atoms with Crippen LogP contribution < -0.4 is 5.32 Å². The molecule has 1 aliphatic heterocycles. The van der Waals surface area contributed by atoms with Crippen LogP contribution in [-0.2, 0) is 4.79 Å². The van der Waals surface area contributed by atoms with E-state index in [4.69, 9.17) is 5.11 Å². The first-order chi connectivity index (χ1) is 6.84. The third-order valence-corrected chi connectivity index (χ3v) is 2.52. The van der Waals surface area contributed by atoms with Crippen molar-refractivity contribution in [2.24, 2.45) is 0 Å². The van der Waals surface area contributed by atoms with Gasteiger partial charge in [-0.15, -0.1) is 0 Å². The number of rotatable bonds is 5. The lowest BCUT2D eigenvalue weighted by atomic mass is 10.2. The van der Waals surface area contributed by atoms with Gasteiger partial charge in [0.15, 0.2) is 0 Å². The molecule has 0 aromatic rings. The second kappa shape index (κ2) is 6.79. The van der Waals surface area contributed by atoms with Gasteiger partial charge >= 0.3 is 0 Å². The van der Waals surface area contributed by atoms with E-state index >= 15 is 0 Å². The Bertz CT molecular complexity index is 168. The zero-order chi connectivity index (χ0) is 10.2. The molecule has 0 aliphatic carbocycles. The van der Waals surface area contributed by atoms with Crippen molar-refractivity contribution in [3.8, 4) is 0 Å². The van der Waals surface area contributed by atoms with Gasteiger partial charge in [-0.1, -0.05) is 6.42 Å². The molecule has 0 saturated carbocycles. The average Bonchev–Trinajstić information content (AvgIpc) is 2.25. The summed E-state index contributed by atoms with van der Waals surface area (Å²) in [5, 5.41) is 11.8. The van der Waals surface area contributed by atoms with Crippen LogP contribution in [0.15, 0.2) is 0 Å². The minimum Gasteiger partial charge on any atom is -0.396 e. The largest absolute Gasteiger partial charge is 0.396 e. The van der Waals surface area contributed by atoms with Crippen LogP contribution in [0.5, 0.6) is 0 Å². The molecule has 4 nitrogen and oxygen atoms in total. The second-order valence-electron chi connectivity index (χ2n) is 3.67. The Hall–Kier alpha value is -0.610. The standard InChI is InChI=1S/C10H20N2O2/c13-9-3-1-2-4-10(14)12-7-5-11-6-8-12/h11,13H,1-9H2. The average molecular weight is 200 g/mol. The van der Waals surface area contributed by atoms with Crippen molar-refractivity contribution in [2.45, 2.75) is 25.7 Å². The SMILES string of the molecule is O=C(CCCCCO)N1CCNCC1. The summed E-state index contributed by atoms with van der Waals surface area (Å²) in [7, 11) is 0. The van der Waals surface area contributed by atoms with Crippen LogP contribution in [0, 0.1) is 0 Å². The van der Waals surface area contributed by atoms with Gasteiger partial charge in [-0.05, 0) is 12.8 Å². The molecule has 1 heterocycles. The van der Waals surface area contributed by atoms with Gasteiger partial charge in [0.2, 0.25) is 5.91 Å². The molecule has 0 unspecified atom stereocenters. The van der Waals surface area contributed by atoms with E-state index in [2.05, 4.69) is 5.32 Å². The van der Waals surface area contributed by atoms with Crippen LogP contribution in [0.1, 0.15) is 25.7 Å². The molecule has 0 bridgehead atoms. The lowest BCUT2D eigenvalue weighted by Gasteiger charge is -2.27. The van der Waals surface area contributed by atoms with E-state index in [1.807, 2.05) is 4.90 Å². The first-order valence-corrected chi connectivity index (χ1v) is 5.44. The van der Waals surface area contributed by atoms with Crippen molar-refractivity contribution in [2.75, 3.05) is 32.8 Å². The van der Waals surface area contributed by atoms with Crippen LogP contribution in [0.2, 0.25) is 0 Å². The summed E-state index contributed by atoms with van der Waals surface area (Å²) < 4.78 is 0. The quantitative estimate of drug-likeness (QED) is 0.613. The van der Waals surface area contributed by atoms with Crippen LogP contribution >= 0.6 is 0 Å². The third kappa shape index (κ3) is 4.07. The van der Waals surface area contributed by atoms with Crippen LogP contribution in [0.25, 0.3) is 0 Å². The number of aliphatic hydroxyl groups is 1. The van der Waals surface area contributed by atoms with Crippen molar-refractivity contribution >= 4 is 5.91 Å². The number of nitrogens with one attached hydrogen (secondary N) is 1. The monoisotopic (exact) mass is 200 g/mol. The predicted molar refractivity (Wildman–Crippen MR) is 55.0 cm³/mol. The summed E-state index contributed by atoms with van der Waals surface area (Å²) in [5.74, 6) is 0.268. The minimum absolute atomic E-state index is 0.238. The number of carbonyl (C=O) groups is 1. The number of piperazine rings is 1. The summed E-state index contributed by atoms with van der Waals surface area (Å²) in [6, 6.07) is 0. The number of hydrogen-bond acceptors (Lipinski definition) is 3. The fourth-order valence-electron chi connectivity index (χ4n) is 1.64. The Kier molecular flexibility index (Phi) is 5.56. The fraction of sp³-hybridized carbons (Fsp3) is 0.900. The maximum atomic E-state index is 11.6. The highest BCUT2D eigenvalue weighted by Gasteiger charge is 2.14. The molecule has 0 spiro atoms. The molecular weight excluding hydrogens is 180 g/mol. The number of hydrogen-bond donors (Lipinski definition) is 2. The highest BCUT2D eigenvalue weighted by Crippen LogP contribution is 2.03. The van der Waals surface area contributed by atoms with Gasteiger partial charge in [-0.25, -0.2) is 0 Å². The van der Waals surface area contributed by atoms with Crippen molar-refractivity contribution in [1.82, 2.24) is 10.2 Å². The van der Waals surface area contributed by atoms with Crippen molar-refractivity contribution in [3.05, 3.63) is 0 Å². The maximum Gasteiger partial charge on any atom is 0.222 e. The maximum absolute atomic E-state index is 11.6. The van der Waals surface area contributed by atoms with E-state index in [1.165, 1.54) is 0 Å². The predicted octanol–water partition coefficient (Wildman–Crippen LogP) is -0.0291. The van der Waals surface area contributed by atoms with E-state index in [9.17, 15) is 4.79 Å². The highest BCUT2D eigenvalue weighted by atomic mass is 16.2. The molecule has 14 heavy (non-hydrogen) atoms. The van der Waals surface area contributed by atoms with Gasteiger partial charge in [0, 0.05) is 39.2 Å². The van der Waals surface area contributed by atoms with E-state index in [-0.39, 0.29) is 12.5 Å². The summed E-state index contributed by atoms with van der Waals surface area (Å²) in [5.41, 5.74) is 0. The Balaban J connectivity index is 2.07. The van der Waals surface area contributed by atoms with Gasteiger partial charge in [0.05, 0.1) is 0 Å². The van der Waals surface area contributed by atoms with Crippen molar-refractivity contribution in [1.29, 1.82) is 0 Å². The zero-order valence-electron chi connectivity index (χ0n) is 8.67. The molecule has 0 atom stereocenters. The van der Waals surface area contributed by atoms with Crippen molar-refractivity contribution < 1.29 is 9.90 Å². The molecule has 0 aromatic carbocycles. The number of unbranched alkanes of at least 4 members (excludes halogenated alkanes) is 2. The van der Waals surface area contributed by atoms with Crippen LogP contribution in [-0.4, -0.2) is 48.7 Å². The molecule has 1 fully saturated rings. The van der Waals surface area contributed by atoms with Crippen molar-refractivity contribution in [3.63, 3.8) is 0 Å². The molecule has 1 amide bonds. The first kappa shape index (κ1) is 11.5. The van der Waals surface area contributed by atoms with Gasteiger partial charge in [0.25, 0.3) is 0 Å². The number of carbonyl (C=O) groups excluding carboxylic acids is 1. The van der Waals surface area contributed by atoms with E-state index in [0.29, 0.717) is 6.42 Å². The van der Waals surface area contributed by atoms with Gasteiger partial charge in [0.1, 0.15) is 0 Å². The molecule has 0 aromatic heterocycles. The lowest BCUT2D eigenvalue weighted by molar-refractivity contribution is -0.131. The zero-order valence-corrected chi connectivity index (χ0v) is 8.67. The third-order valence-electron chi connectivity index (χ3n) is 2.52. The summed E-state index contributed by atoms with van der Waals surface area (Å²) in [6.07, 6.45) is 3.31. The molecule has 0 radical (unpaired) electrons. The minimum atomic E-state index is 0.238. The Morgan fingerprint density at radius 2 is 1.93 bits per heavy atom. The first-order valence-electron chi connectivity index (χ1n) is 5.44. The normalized spacial score (nSPS) is 17.1. The number of nitrogens with zero attached hydrogens (tertiary/aromatic N) is 1. The Morgan fingerprint density at radius 3 is 2.57 bits per heavy atom. The smallest absolute Gasteiger partial charge is 0.222 e. The molecular formula is C10H20N2O2. The number of amides is 1. The Labute approximate surface area is 85.3 Å². The van der Waals surface area contributed by atoms with Gasteiger partial charge in [-0.3, -0.25) is 4.79 Å². The molecule has 4 heteroatoms.